The van der Waals surface area contributed by atoms with Crippen molar-refractivity contribution in [1.29, 1.82) is 0 Å². The second kappa shape index (κ2) is 6.37. The molecule has 0 fully saturated rings. The number of rotatable bonds is 2. The van der Waals surface area contributed by atoms with Crippen LogP contribution in [0, 0.1) is 0 Å². The van der Waals surface area contributed by atoms with Crippen LogP contribution in [0.15, 0.2) is 30.3 Å². The summed E-state index contributed by atoms with van der Waals surface area (Å²) in [5, 5.41) is 3.62. The van der Waals surface area contributed by atoms with E-state index in [2.05, 4.69) is 15.5 Å². The van der Waals surface area contributed by atoms with Gasteiger partial charge in [0.15, 0.2) is 0 Å². The van der Waals surface area contributed by atoms with Crippen molar-refractivity contribution in [1.82, 2.24) is 10.4 Å². The third-order valence-electron chi connectivity index (χ3n) is 1.86. The normalized spacial score (nSPS) is 9.29. The molecule has 0 saturated carbocycles. The van der Waals surface area contributed by atoms with Crippen molar-refractivity contribution >= 4 is 17.8 Å². The summed E-state index contributed by atoms with van der Waals surface area (Å²) in [5.41, 5.74) is 2.91. The molecule has 0 radical (unpaired) electrons. The second-order valence-corrected chi connectivity index (χ2v) is 3.19. The molecule has 1 aromatic rings. The maximum Gasteiger partial charge on any atom is 0.426 e. The molecule has 0 saturated heterocycles. The highest BCUT2D eigenvalue weighted by atomic mass is 16.6. The Hall–Kier alpha value is -2.24. The zero-order chi connectivity index (χ0) is 12.7. The summed E-state index contributed by atoms with van der Waals surface area (Å²) in [5.74, 6) is 0. The molecule has 0 aliphatic carbocycles. The van der Waals surface area contributed by atoms with E-state index in [9.17, 15) is 9.59 Å². The summed E-state index contributed by atoms with van der Waals surface area (Å²) in [7, 11) is 1.43. The Morgan fingerprint density at radius 1 is 1.29 bits per heavy atom. The van der Waals surface area contributed by atoms with Gasteiger partial charge < -0.3 is 10.1 Å². The average Bonchev–Trinajstić information content (AvgIpc) is 2.30. The van der Waals surface area contributed by atoms with Gasteiger partial charge in [0.1, 0.15) is 0 Å². The van der Waals surface area contributed by atoms with Crippen LogP contribution in [0.2, 0.25) is 0 Å². The lowest BCUT2D eigenvalue weighted by Crippen LogP contribution is -2.45. The highest BCUT2D eigenvalue weighted by molar-refractivity contribution is 5.90. The van der Waals surface area contributed by atoms with E-state index < -0.39 is 12.1 Å². The number of amides is 3. The van der Waals surface area contributed by atoms with E-state index in [0.717, 1.165) is 5.01 Å². The van der Waals surface area contributed by atoms with E-state index >= 15 is 0 Å². The Balaban J connectivity index is 2.45. The predicted molar refractivity (Wildman–Crippen MR) is 63.4 cm³/mol. The van der Waals surface area contributed by atoms with Crippen molar-refractivity contribution in [3.05, 3.63) is 30.3 Å². The van der Waals surface area contributed by atoms with Gasteiger partial charge in [-0.2, -0.15) is 0 Å². The first kappa shape index (κ1) is 12.8. The molecular weight excluding hydrogens is 222 g/mol. The molecular formula is C11H15N3O3. The van der Waals surface area contributed by atoms with Gasteiger partial charge in [-0.15, -0.1) is 0 Å². The largest absolute Gasteiger partial charge is 0.449 e. The summed E-state index contributed by atoms with van der Waals surface area (Å²) < 4.78 is 4.64. The number of hydrogen-bond acceptors (Lipinski definition) is 3. The third kappa shape index (κ3) is 4.42. The summed E-state index contributed by atoms with van der Waals surface area (Å²) in [6, 6.07) is 8.48. The van der Waals surface area contributed by atoms with Crippen LogP contribution in [0.1, 0.15) is 6.92 Å². The van der Waals surface area contributed by atoms with Gasteiger partial charge >= 0.3 is 12.1 Å². The highest BCUT2D eigenvalue weighted by Gasteiger charge is 2.11. The molecule has 0 aliphatic heterocycles. The summed E-state index contributed by atoms with van der Waals surface area (Å²) >= 11 is 0. The van der Waals surface area contributed by atoms with Crippen molar-refractivity contribution in [3.63, 3.8) is 0 Å². The Kier molecular flexibility index (Phi) is 4.80. The summed E-state index contributed by atoms with van der Waals surface area (Å²) in [6.45, 7) is 1.93. The van der Waals surface area contributed by atoms with E-state index in [0.29, 0.717) is 5.69 Å². The summed E-state index contributed by atoms with van der Waals surface area (Å²) in [6.07, 6.45) is -0.668. The minimum atomic E-state index is -0.668. The number of carbonyl (C=O) groups is 2. The van der Waals surface area contributed by atoms with E-state index in [1.807, 2.05) is 6.07 Å². The number of anilines is 1. The van der Waals surface area contributed by atoms with Gasteiger partial charge in [0.05, 0.1) is 6.61 Å². The number of carbonyl (C=O) groups excluding carboxylic acids is 2. The number of para-hydroxylation sites is 1. The van der Waals surface area contributed by atoms with Gasteiger partial charge in [-0.05, 0) is 19.1 Å². The molecule has 3 amide bonds. The molecule has 0 aromatic heterocycles. The minimum Gasteiger partial charge on any atom is -0.449 e. The van der Waals surface area contributed by atoms with Crippen molar-refractivity contribution in [2.75, 3.05) is 19.0 Å². The van der Waals surface area contributed by atoms with Gasteiger partial charge in [0.25, 0.3) is 0 Å². The maximum atomic E-state index is 11.6. The molecule has 0 unspecified atom stereocenters. The highest BCUT2D eigenvalue weighted by Crippen LogP contribution is 2.05. The number of urea groups is 1. The average molecular weight is 237 g/mol. The molecule has 6 nitrogen and oxygen atoms in total. The van der Waals surface area contributed by atoms with Crippen molar-refractivity contribution in [2.45, 2.75) is 6.92 Å². The van der Waals surface area contributed by atoms with Crippen molar-refractivity contribution in [3.8, 4) is 0 Å². The molecule has 0 heterocycles. The number of hydrazine groups is 1. The van der Waals surface area contributed by atoms with Gasteiger partial charge in [-0.3, -0.25) is 0 Å². The topological polar surface area (TPSA) is 70.7 Å². The lowest BCUT2D eigenvalue weighted by Gasteiger charge is -2.18. The first-order chi connectivity index (χ1) is 8.13. The lowest BCUT2D eigenvalue weighted by molar-refractivity contribution is 0.126. The fraction of sp³-hybridized carbons (Fsp3) is 0.273. The minimum absolute atomic E-state index is 0.250. The Labute approximate surface area is 99.5 Å². The van der Waals surface area contributed by atoms with Gasteiger partial charge in [0, 0.05) is 12.7 Å². The molecule has 2 N–H and O–H groups in total. The standard InChI is InChI=1S/C11H15N3O3/c1-3-17-11(16)13-14(2)10(15)12-9-7-5-4-6-8-9/h4-8H,3H2,1-2H3,(H,12,15)(H,13,16). The monoisotopic (exact) mass is 237 g/mol. The van der Waals surface area contributed by atoms with E-state index in [-0.39, 0.29) is 6.61 Å². The van der Waals surface area contributed by atoms with Gasteiger partial charge in [0.2, 0.25) is 0 Å². The number of nitrogens with one attached hydrogen (secondary N) is 2. The van der Waals surface area contributed by atoms with Crippen LogP contribution in [-0.2, 0) is 4.74 Å². The van der Waals surface area contributed by atoms with Crippen LogP contribution < -0.4 is 10.7 Å². The zero-order valence-electron chi connectivity index (χ0n) is 9.77. The maximum absolute atomic E-state index is 11.6. The van der Waals surface area contributed by atoms with Crippen LogP contribution >= 0.6 is 0 Å². The Morgan fingerprint density at radius 3 is 2.53 bits per heavy atom. The number of ether oxygens (including phenoxy) is 1. The molecule has 0 aliphatic rings. The zero-order valence-corrected chi connectivity index (χ0v) is 9.77. The van der Waals surface area contributed by atoms with Crippen LogP contribution in [-0.4, -0.2) is 30.8 Å². The molecule has 0 atom stereocenters. The first-order valence-electron chi connectivity index (χ1n) is 5.16. The van der Waals surface area contributed by atoms with Crippen molar-refractivity contribution in [2.24, 2.45) is 0 Å². The van der Waals surface area contributed by atoms with Crippen LogP contribution in [0.5, 0.6) is 0 Å². The Bertz CT molecular complexity index is 381. The molecule has 6 heteroatoms. The predicted octanol–water partition coefficient (Wildman–Crippen LogP) is 1.81. The molecule has 17 heavy (non-hydrogen) atoms. The molecule has 1 rings (SSSR count). The number of nitrogens with zero attached hydrogens (tertiary/aromatic N) is 1. The quantitative estimate of drug-likeness (QED) is 0.770. The van der Waals surface area contributed by atoms with E-state index in [4.69, 9.17) is 0 Å². The van der Waals surface area contributed by atoms with Gasteiger partial charge in [-0.25, -0.2) is 20.0 Å². The second-order valence-electron chi connectivity index (χ2n) is 3.19. The lowest BCUT2D eigenvalue weighted by atomic mass is 10.3. The summed E-state index contributed by atoms with van der Waals surface area (Å²) in [4.78, 5) is 22.7. The van der Waals surface area contributed by atoms with E-state index in [1.165, 1.54) is 7.05 Å². The van der Waals surface area contributed by atoms with Crippen LogP contribution in [0.25, 0.3) is 0 Å². The Morgan fingerprint density at radius 2 is 1.94 bits per heavy atom. The van der Waals surface area contributed by atoms with Crippen LogP contribution in [0.3, 0.4) is 0 Å². The SMILES string of the molecule is CCOC(=O)NN(C)C(=O)Nc1ccccc1. The molecule has 0 bridgehead atoms. The fourth-order valence-electron chi connectivity index (χ4n) is 1.08. The smallest absolute Gasteiger partial charge is 0.426 e. The van der Waals surface area contributed by atoms with E-state index in [1.54, 1.807) is 31.2 Å². The number of benzene rings is 1. The fourth-order valence-corrected chi connectivity index (χ4v) is 1.08. The molecule has 1 aromatic carbocycles. The first-order valence-corrected chi connectivity index (χ1v) is 5.16. The van der Waals surface area contributed by atoms with Crippen LogP contribution in [0.4, 0.5) is 15.3 Å². The molecule has 92 valence electrons. The molecule has 0 spiro atoms. The number of hydrogen-bond donors (Lipinski definition) is 2. The third-order valence-corrected chi connectivity index (χ3v) is 1.86. The van der Waals surface area contributed by atoms with Gasteiger partial charge in [-0.1, -0.05) is 18.2 Å². The van der Waals surface area contributed by atoms with Crippen molar-refractivity contribution < 1.29 is 14.3 Å².